The van der Waals surface area contributed by atoms with E-state index < -0.39 is 19.3 Å². The largest absolute Gasteiger partial charge is 0.463 e. The van der Waals surface area contributed by atoms with Gasteiger partial charge in [0, 0.05) is 6.04 Å². The van der Waals surface area contributed by atoms with Gasteiger partial charge >= 0.3 is 13.6 Å². The quantitative estimate of drug-likeness (QED) is 0.358. The number of esters is 1. The molecule has 0 aromatic rings. The van der Waals surface area contributed by atoms with Gasteiger partial charge in [-0.25, -0.2) is 4.79 Å². The van der Waals surface area contributed by atoms with Gasteiger partial charge in [0.25, 0.3) is 0 Å². The van der Waals surface area contributed by atoms with E-state index in [9.17, 15) is 9.36 Å². The summed E-state index contributed by atoms with van der Waals surface area (Å²) in [7, 11) is -3.54. The van der Waals surface area contributed by atoms with Gasteiger partial charge in [0.05, 0.1) is 25.4 Å². The van der Waals surface area contributed by atoms with Gasteiger partial charge < -0.3 is 13.8 Å². The molecule has 6 nitrogen and oxygen atoms in total. The summed E-state index contributed by atoms with van der Waals surface area (Å²) < 4.78 is 28.5. The molecule has 0 aliphatic heterocycles. The van der Waals surface area contributed by atoms with Crippen molar-refractivity contribution in [3.63, 3.8) is 0 Å². The van der Waals surface area contributed by atoms with E-state index in [1.165, 1.54) is 0 Å². The molecular weight excluding hydrogens is 293 g/mol. The topological polar surface area (TPSA) is 73.9 Å². The number of ether oxygens (including phenoxy) is 1. The van der Waals surface area contributed by atoms with Crippen LogP contribution in [-0.2, 0) is 23.1 Å². The van der Waals surface area contributed by atoms with Crippen LogP contribution in [0.15, 0.2) is 12.2 Å². The summed E-state index contributed by atoms with van der Waals surface area (Å²) in [6.45, 7) is 13.4. The Morgan fingerprint density at radius 3 is 2.05 bits per heavy atom. The molecule has 0 saturated carbocycles. The number of carbonyl (C=O) groups is 1. The van der Waals surface area contributed by atoms with Gasteiger partial charge in [0.2, 0.25) is 0 Å². The summed E-state index contributed by atoms with van der Waals surface area (Å²) >= 11 is 0. The Hall–Kier alpha value is -0.680. The molecule has 0 radical (unpaired) electrons. The van der Waals surface area contributed by atoms with Gasteiger partial charge in [-0.15, -0.1) is 0 Å². The number of hydrogen-bond acceptors (Lipinski definition) is 6. The monoisotopic (exact) mass is 321 g/mol. The molecule has 0 amide bonds. The van der Waals surface area contributed by atoms with Crippen LogP contribution in [0.4, 0.5) is 0 Å². The zero-order valence-electron chi connectivity index (χ0n) is 13.7. The lowest BCUT2D eigenvalue weighted by Crippen LogP contribution is -2.40. The maximum atomic E-state index is 12.9. The summed E-state index contributed by atoms with van der Waals surface area (Å²) in [5, 5.41) is 3.10. The van der Waals surface area contributed by atoms with Crippen molar-refractivity contribution in [1.82, 2.24) is 5.32 Å². The predicted molar refractivity (Wildman–Crippen MR) is 83.3 cm³/mol. The zero-order valence-corrected chi connectivity index (χ0v) is 14.6. The smallest absolute Gasteiger partial charge is 0.352 e. The van der Waals surface area contributed by atoms with Gasteiger partial charge in [-0.1, -0.05) is 13.5 Å². The second-order valence-electron chi connectivity index (χ2n) is 4.50. The molecule has 0 fully saturated rings. The summed E-state index contributed by atoms with van der Waals surface area (Å²) in [4.78, 5) is 11.9. The third-order valence-corrected chi connectivity index (χ3v) is 5.19. The molecule has 0 aromatic carbocycles. The van der Waals surface area contributed by atoms with Crippen molar-refractivity contribution in [1.29, 1.82) is 0 Å². The van der Waals surface area contributed by atoms with E-state index in [2.05, 4.69) is 11.9 Å². The van der Waals surface area contributed by atoms with E-state index in [4.69, 9.17) is 13.8 Å². The van der Waals surface area contributed by atoms with Gasteiger partial charge in [-0.2, -0.15) is 0 Å². The number of rotatable bonds is 11. The second-order valence-corrected chi connectivity index (χ2v) is 6.61. The van der Waals surface area contributed by atoms with Gasteiger partial charge in [-0.05, 0) is 34.1 Å². The van der Waals surface area contributed by atoms with E-state index >= 15 is 0 Å². The summed E-state index contributed by atoms with van der Waals surface area (Å²) in [6, 6.07) is 0.0235. The van der Waals surface area contributed by atoms with Crippen LogP contribution in [0.5, 0.6) is 0 Å². The van der Waals surface area contributed by atoms with Crippen LogP contribution in [0, 0.1) is 0 Å². The Bertz CT molecular complexity index is 376. The molecule has 21 heavy (non-hydrogen) atoms. The van der Waals surface area contributed by atoms with Gasteiger partial charge in [-0.3, -0.25) is 9.88 Å². The first kappa shape index (κ1) is 20.3. The zero-order chi connectivity index (χ0) is 16.5. The highest BCUT2D eigenvalue weighted by atomic mass is 31.2. The standard InChI is InChI=1S/C14H28NO5P/c1-7-11(5)15-13(12(6)14(16)18-8-2)21(17,19-9-3)20-10-4/h11,13,15H,6-10H2,1-5H3. The minimum absolute atomic E-state index is 0.0235. The Morgan fingerprint density at radius 2 is 1.67 bits per heavy atom. The molecule has 124 valence electrons. The fraction of sp³-hybridized carbons (Fsp3) is 0.786. The maximum Gasteiger partial charge on any atom is 0.352 e. The first-order valence-electron chi connectivity index (χ1n) is 7.36. The van der Waals surface area contributed by atoms with Crippen LogP contribution in [0.1, 0.15) is 41.0 Å². The SMILES string of the molecule is C=C(C(=O)OCC)C(NC(C)CC)P(=O)(OCC)OCC. The van der Waals surface area contributed by atoms with Crippen molar-refractivity contribution in [3.8, 4) is 0 Å². The number of hydrogen-bond donors (Lipinski definition) is 1. The summed E-state index contributed by atoms with van der Waals surface area (Å²) in [6.07, 6.45) is 0.796. The number of carbonyl (C=O) groups excluding carboxylic acids is 1. The second kappa shape index (κ2) is 10.1. The molecule has 1 N–H and O–H groups in total. The average Bonchev–Trinajstić information content (AvgIpc) is 2.44. The molecule has 0 aliphatic carbocycles. The Kier molecular flexibility index (Phi) is 9.79. The van der Waals surface area contributed by atoms with Crippen LogP contribution in [0.25, 0.3) is 0 Å². The predicted octanol–water partition coefficient (Wildman–Crippen LogP) is 3.09. The molecule has 0 aliphatic rings. The van der Waals surface area contributed by atoms with Crippen molar-refractivity contribution in [2.45, 2.75) is 52.9 Å². The van der Waals surface area contributed by atoms with Gasteiger partial charge in [0.1, 0.15) is 5.78 Å². The first-order chi connectivity index (χ1) is 9.86. The van der Waals surface area contributed by atoms with Crippen molar-refractivity contribution in [2.24, 2.45) is 0 Å². The first-order valence-corrected chi connectivity index (χ1v) is 8.98. The minimum atomic E-state index is -3.54. The lowest BCUT2D eigenvalue weighted by atomic mass is 10.2. The summed E-state index contributed by atoms with van der Waals surface area (Å²) in [5.41, 5.74) is 0.0578. The third-order valence-electron chi connectivity index (χ3n) is 2.86. The normalized spacial score (nSPS) is 14.5. The molecule has 0 spiro atoms. The van der Waals surface area contributed by atoms with E-state index in [1.54, 1.807) is 20.8 Å². The lowest BCUT2D eigenvalue weighted by Gasteiger charge is -2.29. The Balaban J connectivity index is 5.40. The molecule has 2 atom stereocenters. The molecule has 0 saturated heterocycles. The van der Waals surface area contributed by atoms with Crippen molar-refractivity contribution in [3.05, 3.63) is 12.2 Å². The Labute approximate surface area is 127 Å². The molecule has 0 rings (SSSR count). The molecule has 7 heteroatoms. The van der Waals surface area contributed by atoms with Crippen LogP contribution in [0.2, 0.25) is 0 Å². The van der Waals surface area contributed by atoms with Crippen LogP contribution in [-0.4, -0.2) is 37.6 Å². The third kappa shape index (κ3) is 6.30. The fourth-order valence-corrected chi connectivity index (χ4v) is 3.67. The van der Waals surface area contributed by atoms with Crippen LogP contribution >= 0.6 is 7.60 Å². The van der Waals surface area contributed by atoms with E-state index in [1.807, 2.05) is 13.8 Å². The number of nitrogens with one attached hydrogen (secondary N) is 1. The summed E-state index contributed by atoms with van der Waals surface area (Å²) in [5.74, 6) is -1.51. The minimum Gasteiger partial charge on any atom is -0.463 e. The highest BCUT2D eigenvalue weighted by Crippen LogP contribution is 2.54. The van der Waals surface area contributed by atoms with Crippen molar-refractivity contribution >= 4 is 13.6 Å². The Morgan fingerprint density at radius 1 is 1.14 bits per heavy atom. The van der Waals surface area contributed by atoms with Crippen molar-refractivity contribution in [2.75, 3.05) is 19.8 Å². The van der Waals surface area contributed by atoms with Crippen molar-refractivity contribution < 1.29 is 23.1 Å². The molecular formula is C14H28NO5P. The maximum absolute atomic E-state index is 12.9. The van der Waals surface area contributed by atoms with Crippen LogP contribution in [0.3, 0.4) is 0 Å². The highest BCUT2D eigenvalue weighted by Gasteiger charge is 2.40. The van der Waals surface area contributed by atoms with Gasteiger partial charge in [0.15, 0.2) is 0 Å². The molecule has 0 heterocycles. The highest BCUT2D eigenvalue weighted by molar-refractivity contribution is 7.55. The lowest BCUT2D eigenvalue weighted by molar-refractivity contribution is -0.138. The fourth-order valence-electron chi connectivity index (χ4n) is 1.65. The average molecular weight is 321 g/mol. The van der Waals surface area contributed by atoms with E-state index in [0.29, 0.717) is 0 Å². The molecule has 2 unspecified atom stereocenters. The van der Waals surface area contributed by atoms with E-state index in [0.717, 1.165) is 6.42 Å². The molecule has 0 aromatic heterocycles. The van der Waals surface area contributed by atoms with E-state index in [-0.39, 0.29) is 31.4 Å². The molecule has 0 bridgehead atoms. The van der Waals surface area contributed by atoms with Crippen LogP contribution < -0.4 is 5.32 Å².